The molecule has 1 atom stereocenters. The molecule has 90 valence electrons. The predicted octanol–water partition coefficient (Wildman–Crippen LogP) is 2.33. The Balaban J connectivity index is 2.17. The number of hydrogen-bond acceptors (Lipinski definition) is 4. The van der Waals surface area contributed by atoms with Crippen LogP contribution in [0.2, 0.25) is 0 Å². The lowest BCUT2D eigenvalue weighted by Gasteiger charge is -2.20. The number of rotatable bonds is 0. The van der Waals surface area contributed by atoms with Gasteiger partial charge in [0.1, 0.15) is 6.73 Å². The number of thiol groups is 1. The minimum absolute atomic E-state index is 0.516. The summed E-state index contributed by atoms with van der Waals surface area (Å²) in [6, 6.07) is 6.21. The van der Waals surface area contributed by atoms with Crippen LogP contribution in [0.5, 0.6) is 0 Å². The van der Waals surface area contributed by atoms with Gasteiger partial charge in [0, 0.05) is 34.3 Å². The Hall–Kier alpha value is -1.13. The van der Waals surface area contributed by atoms with Gasteiger partial charge in [-0.2, -0.15) is 0 Å². The highest BCUT2D eigenvalue weighted by atomic mass is 32.1. The number of benzene rings is 1. The van der Waals surface area contributed by atoms with E-state index in [0.29, 0.717) is 19.3 Å². The molecule has 4 heteroatoms. The van der Waals surface area contributed by atoms with Gasteiger partial charge in [-0.15, -0.1) is 12.6 Å². The first-order valence-corrected chi connectivity index (χ1v) is 6.32. The predicted molar refractivity (Wildman–Crippen MR) is 72.2 cm³/mol. The first-order valence-electron chi connectivity index (χ1n) is 5.87. The number of hydrogen-bond donors (Lipinski definition) is 3. The molecule has 2 aliphatic heterocycles. The molecule has 0 saturated carbocycles. The zero-order valence-electron chi connectivity index (χ0n) is 9.79. The Morgan fingerprint density at radius 1 is 1.35 bits per heavy atom. The smallest absolute Gasteiger partial charge is 0.117 e. The molecule has 2 aliphatic rings. The quantitative estimate of drug-likeness (QED) is 0.616. The van der Waals surface area contributed by atoms with Crippen molar-refractivity contribution in [3.63, 3.8) is 0 Å². The molecule has 0 aromatic heterocycles. The van der Waals surface area contributed by atoms with Crippen molar-refractivity contribution in [3.05, 3.63) is 29.5 Å². The molecule has 0 saturated heterocycles. The van der Waals surface area contributed by atoms with Gasteiger partial charge in [-0.25, -0.2) is 0 Å². The Kier molecular flexibility index (Phi) is 2.76. The van der Waals surface area contributed by atoms with Gasteiger partial charge in [0.25, 0.3) is 0 Å². The Bertz CT molecular complexity index is 484. The second kappa shape index (κ2) is 4.27. The van der Waals surface area contributed by atoms with E-state index < -0.39 is 0 Å². The monoisotopic (exact) mass is 248 g/mol. The van der Waals surface area contributed by atoms with Crippen LogP contribution in [0, 0.1) is 5.92 Å². The molecule has 3 rings (SSSR count). The molecule has 1 unspecified atom stereocenters. The fourth-order valence-electron chi connectivity index (χ4n) is 2.52. The van der Waals surface area contributed by atoms with Gasteiger partial charge in [-0.3, -0.25) is 0 Å². The maximum absolute atomic E-state index is 5.57. The first kappa shape index (κ1) is 11.0. The summed E-state index contributed by atoms with van der Waals surface area (Å²) in [5.41, 5.74) is 4.97. The second-order valence-electron chi connectivity index (χ2n) is 4.57. The maximum Gasteiger partial charge on any atom is 0.117 e. The second-order valence-corrected chi connectivity index (χ2v) is 5.09. The third-order valence-electron chi connectivity index (χ3n) is 3.34. The van der Waals surface area contributed by atoms with Gasteiger partial charge in [0.05, 0.1) is 6.61 Å². The van der Waals surface area contributed by atoms with Gasteiger partial charge >= 0.3 is 0 Å². The average Bonchev–Trinajstić information content (AvgIpc) is 2.64. The molecule has 0 bridgehead atoms. The number of nitrogens with one attached hydrogen (secondary N) is 2. The minimum Gasteiger partial charge on any atom is -0.386 e. The number of fused-ring (bicyclic) bond motifs is 2. The highest BCUT2D eigenvalue weighted by Gasteiger charge is 2.26. The highest BCUT2D eigenvalue weighted by molar-refractivity contribution is 7.80. The molecule has 1 aromatic rings. The van der Waals surface area contributed by atoms with Gasteiger partial charge in [0.15, 0.2) is 0 Å². The fourth-order valence-corrected chi connectivity index (χ4v) is 2.72. The van der Waals surface area contributed by atoms with E-state index in [4.69, 9.17) is 4.74 Å². The van der Waals surface area contributed by atoms with Gasteiger partial charge in [0.2, 0.25) is 0 Å². The average molecular weight is 248 g/mol. The summed E-state index contributed by atoms with van der Waals surface area (Å²) < 4.78 is 5.57. The van der Waals surface area contributed by atoms with Crippen molar-refractivity contribution >= 4 is 23.9 Å². The van der Waals surface area contributed by atoms with Gasteiger partial charge in [-0.05, 0) is 23.8 Å². The Morgan fingerprint density at radius 2 is 2.24 bits per heavy atom. The number of anilines is 1. The third kappa shape index (κ3) is 1.91. The van der Waals surface area contributed by atoms with Crippen LogP contribution in [0.15, 0.2) is 28.8 Å². The fraction of sp³-hybridized carbons (Fsp3) is 0.385. The van der Waals surface area contributed by atoms with Crippen LogP contribution in [-0.2, 0) is 4.74 Å². The third-order valence-corrected chi connectivity index (χ3v) is 3.62. The lowest BCUT2D eigenvalue weighted by atomic mass is 9.93. The van der Waals surface area contributed by atoms with E-state index in [-0.39, 0.29) is 0 Å². The molecular weight excluding hydrogens is 232 g/mol. The molecule has 0 spiro atoms. The van der Waals surface area contributed by atoms with Crippen molar-refractivity contribution in [2.75, 3.05) is 25.2 Å². The summed E-state index contributed by atoms with van der Waals surface area (Å²) in [6.45, 7) is 4.44. The number of ether oxygens (including phenoxy) is 1. The van der Waals surface area contributed by atoms with E-state index in [0.717, 1.165) is 17.1 Å². The highest BCUT2D eigenvalue weighted by Crippen LogP contribution is 2.36. The molecule has 2 N–H and O–H groups in total. The largest absolute Gasteiger partial charge is 0.386 e. The Morgan fingerprint density at radius 3 is 3.12 bits per heavy atom. The summed E-state index contributed by atoms with van der Waals surface area (Å²) in [7, 11) is 0. The van der Waals surface area contributed by atoms with Crippen molar-refractivity contribution in [1.82, 2.24) is 5.32 Å². The van der Waals surface area contributed by atoms with Crippen molar-refractivity contribution in [2.45, 2.75) is 11.8 Å². The van der Waals surface area contributed by atoms with Crippen LogP contribution in [0.1, 0.15) is 12.5 Å². The van der Waals surface area contributed by atoms with Crippen LogP contribution < -0.4 is 10.6 Å². The summed E-state index contributed by atoms with van der Waals surface area (Å²) in [4.78, 5) is 0.998. The molecule has 0 amide bonds. The normalized spacial score (nSPS) is 23.1. The van der Waals surface area contributed by atoms with Crippen molar-refractivity contribution in [2.24, 2.45) is 5.92 Å². The van der Waals surface area contributed by atoms with Crippen molar-refractivity contribution in [1.29, 1.82) is 0 Å². The van der Waals surface area contributed by atoms with E-state index >= 15 is 0 Å². The van der Waals surface area contributed by atoms with Crippen LogP contribution in [0.3, 0.4) is 0 Å². The van der Waals surface area contributed by atoms with Crippen LogP contribution in [0.4, 0.5) is 5.69 Å². The molecule has 1 aromatic carbocycles. The summed E-state index contributed by atoms with van der Waals surface area (Å²) in [5.74, 6) is 0.516. The zero-order chi connectivity index (χ0) is 11.8. The van der Waals surface area contributed by atoms with E-state index in [1.165, 1.54) is 16.8 Å². The van der Waals surface area contributed by atoms with Crippen molar-refractivity contribution in [3.8, 4) is 0 Å². The lowest BCUT2D eigenvalue weighted by Crippen LogP contribution is -2.18. The molecule has 17 heavy (non-hydrogen) atoms. The van der Waals surface area contributed by atoms with E-state index in [9.17, 15) is 0 Å². The van der Waals surface area contributed by atoms with Crippen LogP contribution >= 0.6 is 12.6 Å². The molecule has 0 fully saturated rings. The maximum atomic E-state index is 5.57. The molecule has 0 radical (unpaired) electrons. The van der Waals surface area contributed by atoms with Crippen molar-refractivity contribution < 1.29 is 4.74 Å². The van der Waals surface area contributed by atoms with Crippen LogP contribution in [-0.4, -0.2) is 19.9 Å². The van der Waals surface area contributed by atoms with Gasteiger partial charge < -0.3 is 15.4 Å². The minimum atomic E-state index is 0.516. The van der Waals surface area contributed by atoms with Gasteiger partial charge in [-0.1, -0.05) is 6.92 Å². The summed E-state index contributed by atoms with van der Waals surface area (Å²) in [5, 5.41) is 6.75. The zero-order valence-corrected chi connectivity index (χ0v) is 10.7. The molecular formula is C13H16N2OS. The van der Waals surface area contributed by atoms with E-state index in [1.54, 1.807) is 0 Å². The summed E-state index contributed by atoms with van der Waals surface area (Å²) in [6.07, 6.45) is 0. The molecule has 0 aliphatic carbocycles. The standard InChI is InChI=1S/C13H16N2OS/c1-8-5-14-12-6-16-7-15-11-3-2-9(17)4-10(11)13(8)12/h2-4,8,14-15,17H,5-7H2,1H3. The topological polar surface area (TPSA) is 33.3 Å². The Labute approximate surface area is 107 Å². The van der Waals surface area contributed by atoms with Crippen LogP contribution in [0.25, 0.3) is 5.57 Å². The summed E-state index contributed by atoms with van der Waals surface area (Å²) >= 11 is 4.44. The molecule has 3 nitrogen and oxygen atoms in total. The SMILES string of the molecule is CC1CNC2=C1c1cc(S)ccc1NCOC2. The molecule has 2 heterocycles. The lowest BCUT2D eigenvalue weighted by molar-refractivity contribution is 0.172. The first-order chi connectivity index (χ1) is 8.25. The van der Waals surface area contributed by atoms with E-state index in [2.05, 4.69) is 42.3 Å². The van der Waals surface area contributed by atoms with E-state index in [1.807, 2.05) is 6.07 Å².